The molecular weight excluding hydrogens is 302 g/mol. The van der Waals surface area contributed by atoms with Crippen molar-refractivity contribution in [2.24, 2.45) is 5.92 Å². The molecule has 0 radical (unpaired) electrons. The maximum atomic E-state index is 9.90. The number of aliphatic hydroxyl groups excluding tert-OH is 1. The normalized spacial score (nSPS) is 27.8. The Bertz CT molecular complexity index is 409. The molecule has 0 aliphatic heterocycles. The summed E-state index contributed by atoms with van der Waals surface area (Å²) in [5, 5.41) is 13.5. The van der Waals surface area contributed by atoms with Crippen molar-refractivity contribution in [2.75, 3.05) is 11.9 Å². The number of halogens is 1. The quantitative estimate of drug-likeness (QED) is 0.794. The molecule has 1 aromatic carbocycles. The predicted molar refractivity (Wildman–Crippen MR) is 84.4 cm³/mol. The molecule has 2 nitrogen and oxygen atoms in total. The molecule has 0 saturated heterocycles. The fourth-order valence-corrected chi connectivity index (χ4v) is 3.44. The summed E-state index contributed by atoms with van der Waals surface area (Å²) in [6.45, 7) is 2.49. The van der Waals surface area contributed by atoms with Gasteiger partial charge in [-0.05, 0) is 53.2 Å². The Labute approximate surface area is 124 Å². The molecule has 0 bridgehead atoms. The molecular formula is C16H24BrNO. The SMILES string of the molecule is CCC1CCCC(CO)(Nc2ccccc2Br)CC1. The standard InChI is InChI=1S/C16H24BrNO/c1-2-13-6-5-10-16(12-19,11-9-13)18-15-8-4-3-7-14(15)17/h3-4,7-8,13,18-19H,2,5-6,9-12H2,1H3. The molecule has 1 saturated carbocycles. The van der Waals surface area contributed by atoms with Gasteiger partial charge in [0.15, 0.2) is 0 Å². The van der Waals surface area contributed by atoms with Crippen LogP contribution in [0.4, 0.5) is 5.69 Å². The topological polar surface area (TPSA) is 32.3 Å². The predicted octanol–water partition coefficient (Wildman–Crippen LogP) is 4.58. The number of para-hydroxylation sites is 1. The molecule has 3 heteroatoms. The van der Waals surface area contributed by atoms with E-state index in [1.54, 1.807) is 0 Å². The second kappa shape index (κ2) is 6.76. The number of rotatable bonds is 4. The molecule has 19 heavy (non-hydrogen) atoms. The summed E-state index contributed by atoms with van der Waals surface area (Å²) in [6.07, 6.45) is 7.10. The Morgan fingerprint density at radius 2 is 2.11 bits per heavy atom. The number of nitrogens with one attached hydrogen (secondary N) is 1. The average molecular weight is 326 g/mol. The lowest BCUT2D eigenvalue weighted by atomic mass is 9.89. The van der Waals surface area contributed by atoms with Crippen molar-refractivity contribution in [2.45, 2.75) is 51.0 Å². The Balaban J connectivity index is 2.12. The van der Waals surface area contributed by atoms with Crippen LogP contribution in [-0.2, 0) is 0 Å². The van der Waals surface area contributed by atoms with Crippen LogP contribution in [0.1, 0.15) is 45.4 Å². The van der Waals surface area contributed by atoms with E-state index in [2.05, 4.69) is 34.2 Å². The lowest BCUT2D eigenvalue weighted by molar-refractivity contribution is 0.194. The summed E-state index contributed by atoms with van der Waals surface area (Å²) in [5.74, 6) is 0.828. The number of benzene rings is 1. The molecule has 106 valence electrons. The first-order valence-corrected chi connectivity index (χ1v) is 8.12. The van der Waals surface area contributed by atoms with E-state index in [0.29, 0.717) is 0 Å². The first-order chi connectivity index (χ1) is 9.19. The lowest BCUT2D eigenvalue weighted by Gasteiger charge is -2.33. The van der Waals surface area contributed by atoms with E-state index in [4.69, 9.17) is 0 Å². The molecule has 2 unspecified atom stereocenters. The fraction of sp³-hybridized carbons (Fsp3) is 0.625. The Morgan fingerprint density at radius 1 is 1.32 bits per heavy atom. The maximum absolute atomic E-state index is 9.90. The molecule has 1 fully saturated rings. The zero-order chi connectivity index (χ0) is 13.7. The van der Waals surface area contributed by atoms with Crippen molar-refractivity contribution < 1.29 is 5.11 Å². The van der Waals surface area contributed by atoms with Gasteiger partial charge in [-0.3, -0.25) is 0 Å². The molecule has 1 aromatic rings. The average Bonchev–Trinajstić information content (AvgIpc) is 2.64. The maximum Gasteiger partial charge on any atom is 0.0661 e. The smallest absolute Gasteiger partial charge is 0.0661 e. The molecule has 0 amide bonds. The minimum Gasteiger partial charge on any atom is -0.394 e. The van der Waals surface area contributed by atoms with Gasteiger partial charge in [0.2, 0.25) is 0 Å². The molecule has 2 rings (SSSR count). The van der Waals surface area contributed by atoms with E-state index in [9.17, 15) is 5.11 Å². The van der Waals surface area contributed by atoms with Crippen molar-refractivity contribution in [1.29, 1.82) is 0 Å². The summed E-state index contributed by atoms with van der Waals surface area (Å²) in [6, 6.07) is 8.16. The third-order valence-electron chi connectivity index (χ3n) is 4.45. The number of hydrogen-bond donors (Lipinski definition) is 2. The highest BCUT2D eigenvalue weighted by Crippen LogP contribution is 2.35. The van der Waals surface area contributed by atoms with E-state index in [-0.39, 0.29) is 12.1 Å². The highest BCUT2D eigenvalue weighted by molar-refractivity contribution is 9.10. The lowest BCUT2D eigenvalue weighted by Crippen LogP contribution is -2.41. The summed E-state index contributed by atoms with van der Waals surface area (Å²) in [4.78, 5) is 0. The Kier molecular flexibility index (Phi) is 5.28. The van der Waals surface area contributed by atoms with E-state index in [1.165, 1.54) is 25.7 Å². The number of aliphatic hydroxyl groups is 1. The largest absolute Gasteiger partial charge is 0.394 e. The summed E-state index contributed by atoms with van der Waals surface area (Å²) in [5.41, 5.74) is 0.944. The van der Waals surface area contributed by atoms with E-state index in [0.717, 1.165) is 28.9 Å². The Morgan fingerprint density at radius 3 is 2.79 bits per heavy atom. The monoisotopic (exact) mass is 325 g/mol. The van der Waals surface area contributed by atoms with Gasteiger partial charge >= 0.3 is 0 Å². The van der Waals surface area contributed by atoms with Gasteiger partial charge < -0.3 is 10.4 Å². The molecule has 0 aromatic heterocycles. The van der Waals surface area contributed by atoms with Crippen molar-refractivity contribution >= 4 is 21.6 Å². The van der Waals surface area contributed by atoms with Crippen LogP contribution in [0.25, 0.3) is 0 Å². The van der Waals surface area contributed by atoms with Crippen LogP contribution in [0, 0.1) is 5.92 Å². The first kappa shape index (κ1) is 14.9. The van der Waals surface area contributed by atoms with Crippen LogP contribution in [0.5, 0.6) is 0 Å². The minimum atomic E-state index is -0.145. The van der Waals surface area contributed by atoms with Gasteiger partial charge in [0, 0.05) is 10.2 Å². The van der Waals surface area contributed by atoms with Crippen LogP contribution in [0.2, 0.25) is 0 Å². The summed E-state index contributed by atoms with van der Waals surface area (Å²) in [7, 11) is 0. The van der Waals surface area contributed by atoms with Gasteiger partial charge in [-0.15, -0.1) is 0 Å². The van der Waals surface area contributed by atoms with Crippen LogP contribution in [0.15, 0.2) is 28.7 Å². The van der Waals surface area contributed by atoms with Crippen molar-refractivity contribution in [3.8, 4) is 0 Å². The third kappa shape index (κ3) is 3.73. The van der Waals surface area contributed by atoms with Gasteiger partial charge in [-0.1, -0.05) is 38.3 Å². The highest BCUT2D eigenvalue weighted by Gasteiger charge is 2.32. The van der Waals surface area contributed by atoms with E-state index < -0.39 is 0 Å². The van der Waals surface area contributed by atoms with Crippen LogP contribution in [0.3, 0.4) is 0 Å². The first-order valence-electron chi connectivity index (χ1n) is 7.33. The summed E-state index contributed by atoms with van der Waals surface area (Å²) >= 11 is 3.58. The van der Waals surface area contributed by atoms with Crippen molar-refractivity contribution in [3.63, 3.8) is 0 Å². The van der Waals surface area contributed by atoms with Gasteiger partial charge in [0.25, 0.3) is 0 Å². The second-order valence-electron chi connectivity index (χ2n) is 5.75. The molecule has 2 atom stereocenters. The van der Waals surface area contributed by atoms with Gasteiger partial charge in [-0.2, -0.15) is 0 Å². The Hall–Kier alpha value is -0.540. The minimum absolute atomic E-state index is 0.145. The van der Waals surface area contributed by atoms with Gasteiger partial charge in [-0.25, -0.2) is 0 Å². The van der Waals surface area contributed by atoms with Crippen LogP contribution >= 0.6 is 15.9 Å². The van der Waals surface area contributed by atoms with Gasteiger partial charge in [0.1, 0.15) is 0 Å². The highest BCUT2D eigenvalue weighted by atomic mass is 79.9. The molecule has 0 heterocycles. The summed E-state index contributed by atoms with van der Waals surface area (Å²) < 4.78 is 1.07. The number of hydrogen-bond acceptors (Lipinski definition) is 2. The molecule has 0 spiro atoms. The molecule has 1 aliphatic rings. The van der Waals surface area contributed by atoms with E-state index >= 15 is 0 Å². The molecule has 1 aliphatic carbocycles. The van der Waals surface area contributed by atoms with Gasteiger partial charge in [0.05, 0.1) is 12.1 Å². The van der Waals surface area contributed by atoms with Crippen molar-refractivity contribution in [1.82, 2.24) is 0 Å². The fourth-order valence-electron chi connectivity index (χ4n) is 3.06. The zero-order valence-electron chi connectivity index (χ0n) is 11.7. The molecule has 2 N–H and O–H groups in total. The zero-order valence-corrected chi connectivity index (χ0v) is 13.2. The number of anilines is 1. The van der Waals surface area contributed by atoms with E-state index in [1.807, 2.05) is 18.2 Å². The van der Waals surface area contributed by atoms with Crippen LogP contribution < -0.4 is 5.32 Å². The van der Waals surface area contributed by atoms with Crippen LogP contribution in [-0.4, -0.2) is 17.3 Å². The third-order valence-corrected chi connectivity index (χ3v) is 5.14. The second-order valence-corrected chi connectivity index (χ2v) is 6.60. The van der Waals surface area contributed by atoms with Crippen molar-refractivity contribution in [3.05, 3.63) is 28.7 Å².